The smallest absolute Gasteiger partial charge is 0.306 e. The van der Waals surface area contributed by atoms with Crippen LogP contribution in [0.15, 0.2) is 48.5 Å². The maximum atomic E-state index is 12.9. The number of aryl methyl sites for hydroxylation is 1. The Bertz CT molecular complexity index is 923. The quantitative estimate of drug-likeness (QED) is 0.586. The Morgan fingerprint density at radius 2 is 1.89 bits per heavy atom. The van der Waals surface area contributed by atoms with Crippen molar-refractivity contribution in [3.05, 3.63) is 64.9 Å². The van der Waals surface area contributed by atoms with Crippen LogP contribution >= 0.6 is 11.3 Å². The number of nitrogens with zero attached hydrogens (tertiary/aromatic N) is 1. The molecule has 1 aromatic heterocycles. The van der Waals surface area contributed by atoms with Crippen molar-refractivity contribution in [2.24, 2.45) is 0 Å². The maximum Gasteiger partial charge on any atom is 0.306 e. The van der Waals surface area contributed by atoms with E-state index in [1.54, 1.807) is 30.4 Å². The highest BCUT2D eigenvalue weighted by Crippen LogP contribution is 2.22. The fourth-order valence-corrected chi connectivity index (χ4v) is 3.64. The fourth-order valence-electron chi connectivity index (χ4n) is 2.67. The van der Waals surface area contributed by atoms with E-state index >= 15 is 0 Å². The third kappa shape index (κ3) is 5.60. The second-order valence-electron chi connectivity index (χ2n) is 6.37. The normalized spacial score (nSPS) is 11.9. The van der Waals surface area contributed by atoms with Gasteiger partial charge in [-0.2, -0.15) is 0 Å². The van der Waals surface area contributed by atoms with Crippen LogP contribution in [-0.4, -0.2) is 29.5 Å². The molecule has 0 spiro atoms. The van der Waals surface area contributed by atoms with E-state index in [4.69, 9.17) is 4.74 Å². The number of thiazole rings is 1. The monoisotopic (exact) mass is 400 g/mol. The molecule has 1 N–H and O–H groups in total. The molecule has 146 valence electrons. The van der Waals surface area contributed by atoms with E-state index in [0.29, 0.717) is 19.4 Å². The third-order valence-electron chi connectivity index (χ3n) is 4.18. The largest absolute Gasteiger partial charge is 0.453 e. The van der Waals surface area contributed by atoms with Gasteiger partial charge < -0.3 is 10.1 Å². The minimum atomic E-state index is -0.865. The molecule has 1 amide bonds. The van der Waals surface area contributed by atoms with Gasteiger partial charge in [0.05, 0.1) is 21.6 Å². The van der Waals surface area contributed by atoms with Gasteiger partial charge in [-0.3, -0.25) is 9.59 Å². The molecule has 7 heteroatoms. The van der Waals surface area contributed by atoms with Gasteiger partial charge in [-0.05, 0) is 43.2 Å². The molecular formula is C21H21FN2O3S. The summed E-state index contributed by atoms with van der Waals surface area (Å²) < 4.78 is 19.2. The molecule has 0 fully saturated rings. The number of amides is 1. The molecule has 0 saturated carbocycles. The van der Waals surface area contributed by atoms with Crippen LogP contribution in [0, 0.1) is 5.82 Å². The Kier molecular flexibility index (Phi) is 6.71. The number of nitrogens with one attached hydrogen (secondary N) is 1. The summed E-state index contributed by atoms with van der Waals surface area (Å²) in [5, 5.41) is 3.59. The van der Waals surface area contributed by atoms with Gasteiger partial charge in [-0.1, -0.05) is 24.3 Å². The van der Waals surface area contributed by atoms with Crippen molar-refractivity contribution in [3.63, 3.8) is 0 Å². The van der Waals surface area contributed by atoms with Gasteiger partial charge >= 0.3 is 5.97 Å². The summed E-state index contributed by atoms with van der Waals surface area (Å²) in [5.74, 6) is -1.07. The van der Waals surface area contributed by atoms with E-state index in [1.165, 1.54) is 12.1 Å². The van der Waals surface area contributed by atoms with Crippen LogP contribution in [0.4, 0.5) is 4.39 Å². The minimum Gasteiger partial charge on any atom is -0.453 e. The molecule has 3 aromatic rings. The first-order chi connectivity index (χ1) is 13.5. The molecule has 28 heavy (non-hydrogen) atoms. The van der Waals surface area contributed by atoms with Crippen LogP contribution in [0.1, 0.15) is 23.9 Å². The molecule has 5 nitrogen and oxygen atoms in total. The topological polar surface area (TPSA) is 68.3 Å². The Hall–Kier alpha value is -2.80. The van der Waals surface area contributed by atoms with E-state index in [-0.39, 0.29) is 18.1 Å². The Balaban J connectivity index is 1.39. The zero-order valence-electron chi connectivity index (χ0n) is 15.5. The third-order valence-corrected chi connectivity index (χ3v) is 5.28. The predicted octanol–water partition coefficient (Wildman–Crippen LogP) is 3.66. The molecule has 2 aromatic carbocycles. The van der Waals surface area contributed by atoms with Crippen molar-refractivity contribution >= 4 is 33.4 Å². The van der Waals surface area contributed by atoms with Gasteiger partial charge in [0.15, 0.2) is 6.10 Å². The molecule has 0 radical (unpaired) electrons. The lowest BCUT2D eigenvalue weighted by Gasteiger charge is -2.13. The number of aromatic nitrogens is 1. The number of hydrogen-bond acceptors (Lipinski definition) is 5. The van der Waals surface area contributed by atoms with Gasteiger partial charge in [0, 0.05) is 13.0 Å². The van der Waals surface area contributed by atoms with Crippen LogP contribution in [-0.2, 0) is 27.2 Å². The highest BCUT2D eigenvalue weighted by Gasteiger charge is 2.17. The van der Waals surface area contributed by atoms with Crippen LogP contribution < -0.4 is 5.32 Å². The molecule has 3 rings (SSSR count). The summed E-state index contributed by atoms with van der Waals surface area (Å²) >= 11 is 1.55. The van der Waals surface area contributed by atoms with E-state index in [0.717, 1.165) is 20.8 Å². The Labute approximate surface area is 166 Å². The summed E-state index contributed by atoms with van der Waals surface area (Å²) in [4.78, 5) is 28.6. The van der Waals surface area contributed by atoms with Crippen molar-refractivity contribution in [1.29, 1.82) is 0 Å². The molecule has 0 saturated heterocycles. The van der Waals surface area contributed by atoms with Crippen molar-refractivity contribution < 1.29 is 18.7 Å². The highest BCUT2D eigenvalue weighted by molar-refractivity contribution is 7.18. The number of fused-ring (bicyclic) bond motifs is 1. The van der Waals surface area contributed by atoms with E-state index in [1.807, 2.05) is 24.3 Å². The van der Waals surface area contributed by atoms with Crippen molar-refractivity contribution in [3.8, 4) is 0 Å². The molecule has 0 aliphatic carbocycles. The first-order valence-corrected chi connectivity index (χ1v) is 9.89. The summed E-state index contributed by atoms with van der Waals surface area (Å²) in [5.41, 5.74) is 1.84. The lowest BCUT2D eigenvalue weighted by atomic mass is 10.1. The van der Waals surface area contributed by atoms with E-state index in [9.17, 15) is 14.0 Å². The lowest BCUT2D eigenvalue weighted by molar-refractivity contribution is -0.154. The van der Waals surface area contributed by atoms with Crippen LogP contribution in [0.3, 0.4) is 0 Å². The molecule has 0 bridgehead atoms. The second-order valence-corrected chi connectivity index (χ2v) is 7.49. The van der Waals surface area contributed by atoms with E-state index in [2.05, 4.69) is 10.3 Å². The second kappa shape index (κ2) is 9.41. The van der Waals surface area contributed by atoms with Gasteiger partial charge in [0.25, 0.3) is 5.91 Å². The number of ether oxygens (including phenoxy) is 1. The number of carbonyl (C=O) groups excluding carboxylic acids is 2. The molecule has 0 aliphatic rings. The minimum absolute atomic E-state index is 0.174. The molecule has 1 heterocycles. The molecule has 0 unspecified atom stereocenters. The average molecular weight is 400 g/mol. The maximum absolute atomic E-state index is 12.9. The van der Waals surface area contributed by atoms with Gasteiger partial charge in [0.2, 0.25) is 0 Å². The Morgan fingerprint density at radius 3 is 2.64 bits per heavy atom. The fraction of sp³-hybridized carbons (Fsp3) is 0.286. The number of halogens is 1. The number of esters is 1. The Morgan fingerprint density at radius 1 is 1.14 bits per heavy atom. The first kappa shape index (κ1) is 19.9. The number of rotatable bonds is 8. The van der Waals surface area contributed by atoms with Crippen LogP contribution in [0.25, 0.3) is 10.2 Å². The number of benzene rings is 2. The first-order valence-electron chi connectivity index (χ1n) is 9.07. The van der Waals surface area contributed by atoms with Crippen molar-refractivity contribution in [2.45, 2.75) is 32.3 Å². The number of hydrogen-bond donors (Lipinski definition) is 1. The standard InChI is InChI=1S/C21H21FN2O3S/c1-14(21(26)23-13-12-15-6-8-16(22)9-7-15)27-20(25)11-10-19-24-17-4-2-3-5-18(17)28-19/h2-9,14H,10-13H2,1H3,(H,23,26)/t14-/m0/s1. The van der Waals surface area contributed by atoms with Crippen molar-refractivity contribution in [1.82, 2.24) is 10.3 Å². The number of para-hydroxylation sites is 1. The van der Waals surface area contributed by atoms with Crippen molar-refractivity contribution in [2.75, 3.05) is 6.54 Å². The lowest BCUT2D eigenvalue weighted by Crippen LogP contribution is -2.36. The zero-order valence-corrected chi connectivity index (χ0v) is 16.3. The van der Waals surface area contributed by atoms with Crippen LogP contribution in [0.2, 0.25) is 0 Å². The van der Waals surface area contributed by atoms with Crippen LogP contribution in [0.5, 0.6) is 0 Å². The summed E-state index contributed by atoms with van der Waals surface area (Å²) in [6, 6.07) is 13.9. The zero-order chi connectivity index (χ0) is 19.9. The summed E-state index contributed by atoms with van der Waals surface area (Å²) in [7, 11) is 0. The highest BCUT2D eigenvalue weighted by atomic mass is 32.1. The summed E-state index contributed by atoms with van der Waals surface area (Å²) in [6.45, 7) is 1.93. The number of carbonyl (C=O) groups is 2. The van der Waals surface area contributed by atoms with Gasteiger partial charge in [-0.15, -0.1) is 11.3 Å². The van der Waals surface area contributed by atoms with Gasteiger partial charge in [-0.25, -0.2) is 9.37 Å². The van der Waals surface area contributed by atoms with E-state index < -0.39 is 12.1 Å². The molecule has 1 atom stereocenters. The van der Waals surface area contributed by atoms with Gasteiger partial charge in [0.1, 0.15) is 5.82 Å². The molecular weight excluding hydrogens is 379 g/mol. The summed E-state index contributed by atoms with van der Waals surface area (Å²) in [6.07, 6.45) is 0.366. The predicted molar refractivity (Wildman–Crippen MR) is 107 cm³/mol. The SMILES string of the molecule is C[C@H](OC(=O)CCc1nc2ccccc2s1)C(=O)NCCc1ccc(F)cc1. The average Bonchev–Trinajstić information content (AvgIpc) is 3.11. The molecule has 0 aliphatic heterocycles.